The van der Waals surface area contributed by atoms with Crippen LogP contribution in [-0.4, -0.2) is 45.1 Å². The molecule has 5 aromatic rings. The average Bonchev–Trinajstić information content (AvgIpc) is 3.64. The van der Waals surface area contributed by atoms with E-state index in [2.05, 4.69) is 4.99 Å². The van der Waals surface area contributed by atoms with Gasteiger partial charge in [-0.05, 0) is 75.7 Å². The van der Waals surface area contributed by atoms with Crippen molar-refractivity contribution < 1.29 is 23.9 Å². The zero-order valence-corrected chi connectivity index (χ0v) is 28.3. The summed E-state index contributed by atoms with van der Waals surface area (Å²) in [5.74, 6) is 0.213. The Balaban J connectivity index is 1.56. The highest BCUT2D eigenvalue weighted by atomic mass is 32.1. The maximum atomic E-state index is 14.4. The van der Waals surface area contributed by atoms with Crippen molar-refractivity contribution in [2.75, 3.05) is 13.7 Å². The smallest absolute Gasteiger partial charge is 0.338 e. The normalized spacial score (nSPS) is 14.4. The van der Waals surface area contributed by atoms with Crippen molar-refractivity contribution in [3.05, 3.63) is 131 Å². The molecule has 3 heterocycles. The lowest BCUT2D eigenvalue weighted by molar-refractivity contribution is -0.385. The zero-order valence-electron chi connectivity index (χ0n) is 27.4. The monoisotopic (exact) mass is 679 g/mol. The Bertz CT molecular complexity index is 2270. The van der Waals surface area contributed by atoms with E-state index in [0.717, 1.165) is 5.69 Å². The molecule has 6 rings (SSSR count). The summed E-state index contributed by atoms with van der Waals surface area (Å²) in [6.45, 7) is 7.27. The molecule has 0 saturated carbocycles. The van der Waals surface area contributed by atoms with Crippen LogP contribution in [0, 0.1) is 10.1 Å². The second kappa shape index (κ2) is 13.7. The summed E-state index contributed by atoms with van der Waals surface area (Å²) in [6, 6.07) is 20.4. The van der Waals surface area contributed by atoms with Crippen LogP contribution in [0.4, 0.5) is 5.69 Å². The van der Waals surface area contributed by atoms with Crippen LogP contribution in [-0.2, 0) is 9.53 Å². The summed E-state index contributed by atoms with van der Waals surface area (Å²) < 4.78 is 19.9. The number of nitro benzene ring substituents is 1. The molecule has 12 nitrogen and oxygen atoms in total. The molecular weight excluding hydrogens is 646 g/mol. The van der Waals surface area contributed by atoms with E-state index in [0.29, 0.717) is 43.2 Å². The van der Waals surface area contributed by atoms with Crippen LogP contribution < -0.4 is 24.4 Å². The molecule has 0 amide bonds. The zero-order chi connectivity index (χ0) is 34.8. The first-order valence-corrected chi connectivity index (χ1v) is 16.4. The Morgan fingerprint density at radius 3 is 2.49 bits per heavy atom. The molecule has 2 aromatic heterocycles. The Labute approximate surface area is 285 Å². The number of ether oxygens (including phenoxy) is 3. The summed E-state index contributed by atoms with van der Waals surface area (Å²) in [7, 11) is 1.56. The Kier molecular flexibility index (Phi) is 9.27. The molecule has 1 atom stereocenters. The second-order valence-corrected chi connectivity index (χ2v) is 12.4. The minimum absolute atomic E-state index is 0.148. The SMILES string of the molecule is CCOc1ccc(-c2nn(-c3ccccc3)cc2/C=c2/sc3n(c2=O)C(c2ccc(OC)cc2)C(C(=O)OC(C)C)=C(C)N=3)cc1[N+](=O)[O-]. The summed E-state index contributed by atoms with van der Waals surface area (Å²) in [4.78, 5) is 44.4. The van der Waals surface area contributed by atoms with Crippen LogP contribution in [0.1, 0.15) is 44.9 Å². The van der Waals surface area contributed by atoms with Crippen LogP contribution in [0.3, 0.4) is 0 Å². The van der Waals surface area contributed by atoms with Gasteiger partial charge in [-0.1, -0.05) is 41.7 Å². The predicted molar refractivity (Wildman–Crippen MR) is 185 cm³/mol. The molecule has 0 fully saturated rings. The van der Waals surface area contributed by atoms with Crippen LogP contribution in [0.25, 0.3) is 23.0 Å². The highest BCUT2D eigenvalue weighted by molar-refractivity contribution is 7.07. The number of carbonyl (C=O) groups is 1. The number of aromatic nitrogens is 3. The quantitative estimate of drug-likeness (QED) is 0.109. The molecule has 1 aliphatic heterocycles. The number of allylic oxidation sites excluding steroid dienone is 1. The minimum atomic E-state index is -0.809. The number of hydrogen-bond acceptors (Lipinski definition) is 10. The number of nitro groups is 1. The third-order valence-corrected chi connectivity index (χ3v) is 8.78. The van der Waals surface area contributed by atoms with E-state index < -0.39 is 16.9 Å². The van der Waals surface area contributed by atoms with Gasteiger partial charge in [-0.2, -0.15) is 5.10 Å². The van der Waals surface area contributed by atoms with Crippen molar-refractivity contribution in [1.29, 1.82) is 0 Å². The molecule has 13 heteroatoms. The van der Waals surface area contributed by atoms with E-state index in [1.807, 2.05) is 42.5 Å². The Morgan fingerprint density at radius 2 is 1.84 bits per heavy atom. The fourth-order valence-electron chi connectivity index (χ4n) is 5.62. The lowest BCUT2D eigenvalue weighted by atomic mass is 9.96. The van der Waals surface area contributed by atoms with Gasteiger partial charge >= 0.3 is 11.7 Å². The van der Waals surface area contributed by atoms with E-state index in [1.165, 1.54) is 22.0 Å². The number of hydrogen-bond donors (Lipinski definition) is 0. The molecule has 0 saturated heterocycles. The molecule has 1 unspecified atom stereocenters. The van der Waals surface area contributed by atoms with Crippen LogP contribution in [0.5, 0.6) is 11.5 Å². The molecule has 1 aliphatic rings. The number of esters is 1. The Hall–Kier alpha value is -5.82. The van der Waals surface area contributed by atoms with Crippen LogP contribution in [0.15, 0.2) is 100 Å². The number of carbonyl (C=O) groups excluding carboxylic acids is 1. The molecule has 0 radical (unpaired) electrons. The minimum Gasteiger partial charge on any atom is -0.497 e. The topological polar surface area (TPSA) is 140 Å². The average molecular weight is 680 g/mol. The molecule has 3 aromatic carbocycles. The van der Waals surface area contributed by atoms with Gasteiger partial charge in [0.25, 0.3) is 5.56 Å². The maximum Gasteiger partial charge on any atom is 0.338 e. The number of methoxy groups -OCH3 is 1. The van der Waals surface area contributed by atoms with Gasteiger partial charge in [0, 0.05) is 23.4 Å². The van der Waals surface area contributed by atoms with E-state index >= 15 is 0 Å². The molecule has 0 aliphatic carbocycles. The van der Waals surface area contributed by atoms with Crippen molar-refractivity contribution in [2.24, 2.45) is 4.99 Å². The van der Waals surface area contributed by atoms with Crippen molar-refractivity contribution >= 4 is 29.1 Å². The van der Waals surface area contributed by atoms with Gasteiger partial charge in [-0.15, -0.1) is 0 Å². The molecule has 0 N–H and O–H groups in total. The highest BCUT2D eigenvalue weighted by Gasteiger charge is 2.34. The predicted octanol–water partition coefficient (Wildman–Crippen LogP) is 5.36. The van der Waals surface area contributed by atoms with Crippen molar-refractivity contribution in [3.63, 3.8) is 0 Å². The van der Waals surface area contributed by atoms with Crippen LogP contribution in [0.2, 0.25) is 0 Å². The van der Waals surface area contributed by atoms with E-state index in [9.17, 15) is 19.7 Å². The lowest BCUT2D eigenvalue weighted by Gasteiger charge is -2.25. The number of benzene rings is 3. The van der Waals surface area contributed by atoms with E-state index in [1.54, 1.807) is 76.0 Å². The number of rotatable bonds is 10. The largest absolute Gasteiger partial charge is 0.497 e. The van der Waals surface area contributed by atoms with E-state index in [-0.39, 0.29) is 35.3 Å². The van der Waals surface area contributed by atoms with Gasteiger partial charge in [-0.25, -0.2) is 14.5 Å². The van der Waals surface area contributed by atoms with E-state index in [4.69, 9.17) is 19.3 Å². The molecule has 49 heavy (non-hydrogen) atoms. The van der Waals surface area contributed by atoms with Gasteiger partial charge in [0.1, 0.15) is 11.4 Å². The van der Waals surface area contributed by atoms with Gasteiger partial charge in [0.05, 0.1) is 52.3 Å². The Morgan fingerprint density at radius 1 is 1.10 bits per heavy atom. The number of para-hydroxylation sites is 1. The summed E-state index contributed by atoms with van der Waals surface area (Å²) in [5.41, 5.74) is 3.00. The third kappa shape index (κ3) is 6.52. The van der Waals surface area contributed by atoms with Crippen molar-refractivity contribution in [2.45, 2.75) is 39.8 Å². The van der Waals surface area contributed by atoms with Crippen molar-refractivity contribution in [3.8, 4) is 28.4 Å². The first kappa shape index (κ1) is 33.1. The van der Waals surface area contributed by atoms with Gasteiger partial charge in [0.15, 0.2) is 10.6 Å². The first-order chi connectivity index (χ1) is 23.6. The number of thiazole rings is 1. The number of nitrogens with zero attached hydrogens (tertiary/aromatic N) is 5. The molecule has 0 bridgehead atoms. The summed E-state index contributed by atoms with van der Waals surface area (Å²) >= 11 is 1.17. The molecular formula is C36H33N5O7S. The number of fused-ring (bicyclic) bond motifs is 1. The summed E-state index contributed by atoms with van der Waals surface area (Å²) in [5, 5.41) is 16.8. The van der Waals surface area contributed by atoms with Gasteiger partial charge in [-0.3, -0.25) is 19.5 Å². The standard InChI is InChI=1S/C36H33N5O7S/c1-6-47-29-17-14-24(18-28(29)41(44)45)32-25(20-39(38-32)26-10-8-7-9-11-26)19-30-34(42)40-33(23-12-15-27(46-5)16-13-23)31(35(43)48-21(2)3)22(4)37-36(40)49-30/h7-21,33H,6H2,1-5H3/b30-19+. The lowest BCUT2D eigenvalue weighted by Crippen LogP contribution is -2.40. The summed E-state index contributed by atoms with van der Waals surface area (Å²) in [6.07, 6.45) is 3.08. The first-order valence-electron chi connectivity index (χ1n) is 15.5. The highest BCUT2D eigenvalue weighted by Crippen LogP contribution is 2.35. The van der Waals surface area contributed by atoms with Crippen LogP contribution >= 0.6 is 11.3 Å². The van der Waals surface area contributed by atoms with Gasteiger partial charge in [0.2, 0.25) is 0 Å². The van der Waals surface area contributed by atoms with Crippen molar-refractivity contribution in [1.82, 2.24) is 14.3 Å². The fraction of sp³-hybridized carbons (Fsp3) is 0.222. The maximum absolute atomic E-state index is 14.4. The molecule has 0 spiro atoms. The fourth-order valence-corrected chi connectivity index (χ4v) is 6.66. The second-order valence-electron chi connectivity index (χ2n) is 11.4. The molecule has 250 valence electrons. The third-order valence-electron chi connectivity index (χ3n) is 7.79. The van der Waals surface area contributed by atoms with Gasteiger partial charge < -0.3 is 14.2 Å².